The highest BCUT2D eigenvalue weighted by Crippen LogP contribution is 2.35. The van der Waals surface area contributed by atoms with E-state index in [4.69, 9.17) is 14.7 Å². The lowest BCUT2D eigenvalue weighted by Gasteiger charge is -2.14. The Morgan fingerprint density at radius 1 is 1.10 bits per heavy atom. The van der Waals surface area contributed by atoms with Crippen LogP contribution in [0.1, 0.15) is 41.0 Å². The largest absolute Gasteiger partial charge is 0.493 e. The molecule has 0 fully saturated rings. The number of methoxy groups -OCH3 is 2. The molecule has 0 spiro atoms. The summed E-state index contributed by atoms with van der Waals surface area (Å²) in [5.74, 6) is 1.40. The molecular formula is C24H24N2O3. The molecule has 0 saturated heterocycles. The van der Waals surface area contributed by atoms with Crippen molar-refractivity contribution in [2.24, 2.45) is 5.92 Å². The van der Waals surface area contributed by atoms with E-state index >= 15 is 0 Å². The van der Waals surface area contributed by atoms with Gasteiger partial charge in [0.25, 0.3) is 0 Å². The molecule has 29 heavy (non-hydrogen) atoms. The first-order chi connectivity index (χ1) is 14.0. The molecule has 0 atom stereocenters. The average molecular weight is 388 g/mol. The van der Waals surface area contributed by atoms with Crippen LogP contribution in [-0.2, 0) is 12.8 Å². The van der Waals surface area contributed by atoms with Crippen LogP contribution in [0.25, 0.3) is 10.8 Å². The highest BCUT2D eigenvalue weighted by Gasteiger charge is 2.19. The highest BCUT2D eigenvalue weighted by molar-refractivity contribution is 6.15. The molecule has 0 aliphatic heterocycles. The van der Waals surface area contributed by atoms with Crippen molar-refractivity contribution in [1.29, 1.82) is 5.26 Å². The standard InChI is InChI=1S/C24H24N2O3/c1-15(2)10-16-6-5-7-17(11-16)24(27)23-20-13-22(29-4)21(28-3)12-19(20)18(8-9-25)14-26-23/h5-7,11-15H,8,10H2,1-4H3. The minimum atomic E-state index is -0.156. The van der Waals surface area contributed by atoms with Crippen LogP contribution in [-0.4, -0.2) is 25.0 Å². The van der Waals surface area contributed by atoms with Crippen molar-refractivity contribution >= 4 is 16.6 Å². The Hall–Kier alpha value is -3.39. The summed E-state index contributed by atoms with van der Waals surface area (Å²) in [4.78, 5) is 17.7. The minimum absolute atomic E-state index is 0.156. The van der Waals surface area contributed by atoms with Crippen molar-refractivity contribution < 1.29 is 14.3 Å². The molecule has 1 aromatic heterocycles. The summed E-state index contributed by atoms with van der Waals surface area (Å²) in [5, 5.41) is 10.6. The molecular weight excluding hydrogens is 364 g/mol. The van der Waals surface area contributed by atoms with Gasteiger partial charge in [0.1, 0.15) is 5.69 Å². The molecule has 0 aliphatic carbocycles. The topological polar surface area (TPSA) is 72.2 Å². The fourth-order valence-corrected chi connectivity index (χ4v) is 3.48. The number of hydrogen-bond acceptors (Lipinski definition) is 5. The van der Waals surface area contributed by atoms with E-state index in [2.05, 4.69) is 24.9 Å². The van der Waals surface area contributed by atoms with Gasteiger partial charge in [0.15, 0.2) is 11.5 Å². The van der Waals surface area contributed by atoms with Crippen molar-refractivity contribution in [2.75, 3.05) is 14.2 Å². The maximum atomic E-state index is 13.3. The SMILES string of the molecule is COc1cc2c(CC#N)cnc(C(=O)c3cccc(CC(C)C)c3)c2cc1OC. The van der Waals surface area contributed by atoms with Crippen molar-refractivity contribution in [3.05, 3.63) is 65.0 Å². The summed E-state index contributed by atoms with van der Waals surface area (Å²) < 4.78 is 10.8. The lowest BCUT2D eigenvalue weighted by atomic mass is 9.96. The van der Waals surface area contributed by atoms with Crippen molar-refractivity contribution in [3.63, 3.8) is 0 Å². The summed E-state index contributed by atoms with van der Waals surface area (Å²) in [7, 11) is 3.11. The molecule has 3 rings (SSSR count). The number of ether oxygens (including phenoxy) is 2. The van der Waals surface area contributed by atoms with Crippen LogP contribution in [0.4, 0.5) is 0 Å². The van der Waals surface area contributed by atoms with Gasteiger partial charge in [-0.1, -0.05) is 32.0 Å². The first-order valence-corrected chi connectivity index (χ1v) is 9.52. The Labute approximate surface area is 170 Å². The molecule has 0 bridgehead atoms. The molecule has 0 unspecified atom stereocenters. The van der Waals surface area contributed by atoms with E-state index in [9.17, 15) is 4.79 Å². The van der Waals surface area contributed by atoms with E-state index in [-0.39, 0.29) is 12.2 Å². The predicted octanol–water partition coefficient (Wildman–Crippen LogP) is 4.75. The zero-order valence-corrected chi connectivity index (χ0v) is 17.2. The molecule has 148 valence electrons. The van der Waals surface area contributed by atoms with Crippen LogP contribution >= 0.6 is 0 Å². The number of rotatable bonds is 7. The van der Waals surface area contributed by atoms with Crippen LogP contribution in [0.5, 0.6) is 11.5 Å². The quantitative estimate of drug-likeness (QED) is 0.546. The third-order valence-corrected chi connectivity index (χ3v) is 4.79. The second kappa shape index (κ2) is 8.74. The molecule has 0 amide bonds. The van der Waals surface area contributed by atoms with Crippen molar-refractivity contribution in [2.45, 2.75) is 26.7 Å². The number of carbonyl (C=O) groups excluding carboxylic acids is 1. The maximum absolute atomic E-state index is 13.3. The van der Waals surface area contributed by atoms with Crippen molar-refractivity contribution in [1.82, 2.24) is 4.98 Å². The molecule has 0 aliphatic rings. The predicted molar refractivity (Wildman–Crippen MR) is 113 cm³/mol. The molecule has 1 heterocycles. The van der Waals surface area contributed by atoms with Gasteiger partial charge in [0, 0.05) is 17.1 Å². The third kappa shape index (κ3) is 4.22. The number of nitriles is 1. The van der Waals surface area contributed by atoms with Gasteiger partial charge in [-0.2, -0.15) is 5.26 Å². The third-order valence-electron chi connectivity index (χ3n) is 4.79. The van der Waals surface area contributed by atoms with Crippen LogP contribution in [0.2, 0.25) is 0 Å². The minimum Gasteiger partial charge on any atom is -0.493 e. The van der Waals surface area contributed by atoms with E-state index in [1.807, 2.05) is 24.3 Å². The first kappa shape index (κ1) is 20.3. The zero-order chi connectivity index (χ0) is 21.0. The summed E-state index contributed by atoms with van der Waals surface area (Å²) in [6.07, 6.45) is 2.70. The number of hydrogen-bond donors (Lipinski definition) is 0. The normalized spacial score (nSPS) is 10.8. The Morgan fingerprint density at radius 2 is 1.79 bits per heavy atom. The molecule has 0 radical (unpaired) electrons. The lowest BCUT2D eigenvalue weighted by Crippen LogP contribution is -2.08. The van der Waals surface area contributed by atoms with Crippen molar-refractivity contribution in [3.8, 4) is 17.6 Å². The van der Waals surface area contributed by atoms with Gasteiger partial charge in [-0.25, -0.2) is 0 Å². The van der Waals surface area contributed by atoms with E-state index in [1.54, 1.807) is 32.5 Å². The Bertz CT molecular complexity index is 1100. The molecule has 0 saturated carbocycles. The highest BCUT2D eigenvalue weighted by atomic mass is 16.5. The van der Waals surface area contributed by atoms with E-state index in [1.165, 1.54) is 0 Å². The number of fused-ring (bicyclic) bond motifs is 1. The first-order valence-electron chi connectivity index (χ1n) is 9.52. The smallest absolute Gasteiger partial charge is 0.211 e. The summed E-state index contributed by atoms with van der Waals surface area (Å²) >= 11 is 0. The van der Waals surface area contributed by atoms with Crippen LogP contribution in [0.3, 0.4) is 0 Å². The van der Waals surface area contributed by atoms with Crippen LogP contribution in [0.15, 0.2) is 42.6 Å². The maximum Gasteiger partial charge on any atom is 0.211 e. The number of nitrogens with zero attached hydrogens (tertiary/aromatic N) is 2. The van der Waals surface area contributed by atoms with Gasteiger partial charge in [0.2, 0.25) is 5.78 Å². The van der Waals surface area contributed by atoms with Crippen LogP contribution in [0, 0.1) is 17.2 Å². The molecule has 3 aromatic rings. The number of carbonyl (C=O) groups is 1. The van der Waals surface area contributed by atoms with E-state index in [0.717, 1.165) is 22.9 Å². The Balaban J connectivity index is 2.18. The number of ketones is 1. The van der Waals surface area contributed by atoms with Gasteiger partial charge in [-0.05, 0) is 47.1 Å². The molecule has 5 nitrogen and oxygen atoms in total. The molecule has 2 aromatic carbocycles. The lowest BCUT2D eigenvalue weighted by molar-refractivity contribution is 0.103. The van der Waals surface area contributed by atoms with Gasteiger partial charge < -0.3 is 9.47 Å². The zero-order valence-electron chi connectivity index (χ0n) is 17.2. The van der Waals surface area contributed by atoms with Gasteiger partial charge in [0.05, 0.1) is 26.7 Å². The monoisotopic (exact) mass is 388 g/mol. The molecule has 5 heteroatoms. The van der Waals surface area contributed by atoms with Crippen LogP contribution < -0.4 is 9.47 Å². The summed E-state index contributed by atoms with van der Waals surface area (Å²) in [6, 6.07) is 13.4. The number of aromatic nitrogens is 1. The summed E-state index contributed by atoms with van der Waals surface area (Å²) in [5.41, 5.74) is 2.80. The van der Waals surface area contributed by atoms with Gasteiger partial charge in [-0.15, -0.1) is 0 Å². The van der Waals surface area contributed by atoms with E-state index < -0.39 is 0 Å². The van der Waals surface area contributed by atoms with Gasteiger partial charge in [-0.3, -0.25) is 9.78 Å². The second-order valence-electron chi connectivity index (χ2n) is 7.35. The summed E-state index contributed by atoms with van der Waals surface area (Å²) in [6.45, 7) is 4.30. The number of benzene rings is 2. The fraction of sp³-hybridized carbons (Fsp3) is 0.292. The average Bonchev–Trinajstić information content (AvgIpc) is 2.72. The van der Waals surface area contributed by atoms with E-state index in [0.29, 0.717) is 34.1 Å². The number of pyridine rings is 1. The fourth-order valence-electron chi connectivity index (χ4n) is 3.48. The van der Waals surface area contributed by atoms with Gasteiger partial charge >= 0.3 is 0 Å². The molecule has 0 N–H and O–H groups in total. The Kier molecular flexibility index (Phi) is 6.13. The second-order valence-corrected chi connectivity index (χ2v) is 7.35. The Morgan fingerprint density at radius 3 is 2.41 bits per heavy atom.